The van der Waals surface area contributed by atoms with E-state index in [1.54, 1.807) is 24.3 Å². The number of nitrogens with zero attached hydrogens (tertiary/aromatic N) is 1. The number of hydrogen-bond donors (Lipinski definition) is 0. The third-order valence-corrected chi connectivity index (χ3v) is 1.45. The monoisotopic (exact) mass is 146 g/mol. The molecule has 1 unspecified atom stereocenters. The van der Waals surface area contributed by atoms with Crippen LogP contribution in [0.25, 0.3) is 0 Å². The molecule has 1 aromatic carbocycles. The normalized spacial score (nSPS) is 12.0. The van der Waals surface area contributed by atoms with Crippen molar-refractivity contribution in [3.63, 3.8) is 0 Å². The van der Waals surface area contributed by atoms with Gasteiger partial charge in [0.25, 0.3) is 0 Å². The predicted octanol–water partition coefficient (Wildman–Crippen LogP) is 2.07. The van der Waals surface area contributed by atoms with Crippen LogP contribution >= 0.6 is 0 Å². The zero-order valence-electron chi connectivity index (χ0n) is 6.03. The maximum Gasteiger partial charge on any atom is 0.131 e. The van der Waals surface area contributed by atoms with Crippen molar-refractivity contribution in [3.05, 3.63) is 35.9 Å². The van der Waals surface area contributed by atoms with Gasteiger partial charge >= 0.3 is 0 Å². The standard InChI is InChI=1S/C9H8NO/c10-7-6-9(11)8-4-2-1-3-5-8/h1-5,9H,6H2. The van der Waals surface area contributed by atoms with Gasteiger partial charge in [0.1, 0.15) is 6.10 Å². The maximum absolute atomic E-state index is 11.1. The first kappa shape index (κ1) is 7.77. The molecule has 0 aliphatic rings. The fourth-order valence-corrected chi connectivity index (χ4v) is 0.868. The van der Waals surface area contributed by atoms with E-state index in [-0.39, 0.29) is 6.42 Å². The van der Waals surface area contributed by atoms with Gasteiger partial charge < -0.3 is 0 Å². The molecule has 0 spiro atoms. The molecule has 2 nitrogen and oxygen atoms in total. The van der Waals surface area contributed by atoms with Crippen molar-refractivity contribution in [1.29, 1.82) is 5.26 Å². The van der Waals surface area contributed by atoms with Gasteiger partial charge in [-0.3, -0.25) is 0 Å². The highest BCUT2D eigenvalue weighted by Crippen LogP contribution is 2.15. The van der Waals surface area contributed by atoms with Gasteiger partial charge in [-0.1, -0.05) is 30.3 Å². The second-order valence-electron chi connectivity index (χ2n) is 2.26. The second-order valence-corrected chi connectivity index (χ2v) is 2.26. The van der Waals surface area contributed by atoms with Crippen molar-refractivity contribution in [2.24, 2.45) is 0 Å². The summed E-state index contributed by atoms with van der Waals surface area (Å²) < 4.78 is 0. The summed E-state index contributed by atoms with van der Waals surface area (Å²) in [6.45, 7) is 0. The van der Waals surface area contributed by atoms with Crippen molar-refractivity contribution in [3.8, 4) is 6.07 Å². The Morgan fingerprint density at radius 2 is 2.00 bits per heavy atom. The molecule has 0 saturated heterocycles. The lowest BCUT2D eigenvalue weighted by atomic mass is 10.1. The van der Waals surface area contributed by atoms with Gasteiger partial charge in [0.2, 0.25) is 0 Å². The number of nitriles is 1. The van der Waals surface area contributed by atoms with E-state index in [0.29, 0.717) is 5.56 Å². The molecule has 2 heteroatoms. The molecule has 0 aliphatic carbocycles. The minimum atomic E-state index is -0.888. The molecule has 0 N–H and O–H groups in total. The SMILES string of the molecule is N#CCC([O])c1ccccc1. The Bertz CT molecular complexity index is 250. The largest absolute Gasteiger partial charge is 0.227 e. The molecular weight excluding hydrogens is 138 g/mol. The summed E-state index contributed by atoms with van der Waals surface area (Å²) in [4.78, 5) is 0. The maximum atomic E-state index is 11.1. The van der Waals surface area contributed by atoms with Crippen LogP contribution in [0.5, 0.6) is 0 Å². The molecule has 0 saturated carbocycles. The van der Waals surface area contributed by atoms with Gasteiger partial charge in [0.15, 0.2) is 0 Å². The molecule has 1 rings (SSSR count). The molecule has 0 amide bonds. The molecule has 0 fully saturated rings. The number of rotatable bonds is 2. The van der Waals surface area contributed by atoms with E-state index in [0.717, 1.165) is 0 Å². The number of hydrogen-bond acceptors (Lipinski definition) is 1. The minimum Gasteiger partial charge on any atom is -0.227 e. The third kappa shape index (κ3) is 2.06. The van der Waals surface area contributed by atoms with Gasteiger partial charge in [0.05, 0.1) is 12.5 Å². The minimum absolute atomic E-state index is 0.0456. The van der Waals surface area contributed by atoms with Crippen LogP contribution in [0, 0.1) is 11.3 Å². The fourth-order valence-electron chi connectivity index (χ4n) is 0.868. The van der Waals surface area contributed by atoms with E-state index in [4.69, 9.17) is 5.26 Å². The summed E-state index contributed by atoms with van der Waals surface area (Å²) in [6.07, 6.45) is -0.842. The Balaban J connectivity index is 2.70. The van der Waals surface area contributed by atoms with Crippen LogP contribution in [0.15, 0.2) is 30.3 Å². The summed E-state index contributed by atoms with van der Waals surface area (Å²) in [5.74, 6) is 0. The van der Waals surface area contributed by atoms with Crippen LogP contribution in [0.2, 0.25) is 0 Å². The Morgan fingerprint density at radius 3 is 2.55 bits per heavy atom. The van der Waals surface area contributed by atoms with Crippen LogP contribution in [-0.2, 0) is 5.11 Å². The van der Waals surface area contributed by atoms with Gasteiger partial charge in [-0.2, -0.15) is 5.26 Å². The van der Waals surface area contributed by atoms with Crippen LogP contribution in [0.4, 0.5) is 0 Å². The first-order valence-corrected chi connectivity index (χ1v) is 3.42. The summed E-state index contributed by atoms with van der Waals surface area (Å²) in [5.41, 5.74) is 0.689. The van der Waals surface area contributed by atoms with Gasteiger partial charge in [-0.25, -0.2) is 5.11 Å². The van der Waals surface area contributed by atoms with Crippen LogP contribution in [0.1, 0.15) is 18.1 Å². The van der Waals surface area contributed by atoms with Crippen LogP contribution in [-0.4, -0.2) is 0 Å². The lowest BCUT2D eigenvalue weighted by Crippen LogP contribution is -1.92. The first-order valence-electron chi connectivity index (χ1n) is 3.42. The Morgan fingerprint density at radius 1 is 1.36 bits per heavy atom. The number of benzene rings is 1. The fraction of sp³-hybridized carbons (Fsp3) is 0.222. The highest BCUT2D eigenvalue weighted by molar-refractivity contribution is 5.17. The van der Waals surface area contributed by atoms with Crippen molar-refractivity contribution in [2.75, 3.05) is 0 Å². The quantitative estimate of drug-likeness (QED) is 0.629. The molecular formula is C9H8NO. The van der Waals surface area contributed by atoms with Crippen molar-refractivity contribution >= 4 is 0 Å². The molecule has 1 radical (unpaired) electrons. The molecule has 1 atom stereocenters. The van der Waals surface area contributed by atoms with E-state index < -0.39 is 6.10 Å². The van der Waals surface area contributed by atoms with Crippen LogP contribution in [0.3, 0.4) is 0 Å². The average molecular weight is 146 g/mol. The third-order valence-electron chi connectivity index (χ3n) is 1.45. The first-order chi connectivity index (χ1) is 5.34. The highest BCUT2D eigenvalue weighted by Gasteiger charge is 2.06. The second kappa shape index (κ2) is 3.75. The zero-order chi connectivity index (χ0) is 8.10. The topological polar surface area (TPSA) is 43.7 Å². The van der Waals surface area contributed by atoms with Gasteiger partial charge in [-0.15, -0.1) is 0 Å². The van der Waals surface area contributed by atoms with Crippen molar-refractivity contribution in [1.82, 2.24) is 0 Å². The van der Waals surface area contributed by atoms with E-state index in [1.807, 2.05) is 12.1 Å². The van der Waals surface area contributed by atoms with Crippen molar-refractivity contribution < 1.29 is 5.11 Å². The van der Waals surface area contributed by atoms with Crippen LogP contribution < -0.4 is 0 Å². The lowest BCUT2D eigenvalue weighted by molar-refractivity contribution is 0.0933. The molecule has 11 heavy (non-hydrogen) atoms. The lowest BCUT2D eigenvalue weighted by Gasteiger charge is -2.01. The van der Waals surface area contributed by atoms with E-state index in [9.17, 15) is 5.11 Å². The molecule has 0 aromatic heterocycles. The average Bonchev–Trinajstić information content (AvgIpc) is 2.07. The molecule has 1 aromatic rings. The molecule has 0 bridgehead atoms. The molecule has 0 heterocycles. The summed E-state index contributed by atoms with van der Waals surface area (Å²) in [6, 6.07) is 10.8. The van der Waals surface area contributed by atoms with E-state index in [2.05, 4.69) is 0 Å². The Kier molecular flexibility index (Phi) is 2.65. The smallest absolute Gasteiger partial charge is 0.131 e. The molecule has 0 aliphatic heterocycles. The van der Waals surface area contributed by atoms with Crippen molar-refractivity contribution in [2.45, 2.75) is 12.5 Å². The summed E-state index contributed by atoms with van der Waals surface area (Å²) >= 11 is 0. The predicted molar refractivity (Wildman–Crippen MR) is 40.1 cm³/mol. The summed E-state index contributed by atoms with van der Waals surface area (Å²) in [5, 5.41) is 19.4. The zero-order valence-corrected chi connectivity index (χ0v) is 6.03. The van der Waals surface area contributed by atoms with E-state index in [1.165, 1.54) is 0 Å². The van der Waals surface area contributed by atoms with Gasteiger partial charge in [0, 0.05) is 0 Å². The highest BCUT2D eigenvalue weighted by atomic mass is 16.3. The molecule has 55 valence electrons. The Hall–Kier alpha value is -1.33. The van der Waals surface area contributed by atoms with E-state index >= 15 is 0 Å². The van der Waals surface area contributed by atoms with Gasteiger partial charge in [-0.05, 0) is 5.56 Å². The Labute approximate surface area is 65.7 Å². The summed E-state index contributed by atoms with van der Waals surface area (Å²) in [7, 11) is 0.